The Morgan fingerprint density at radius 1 is 0.727 bits per heavy atom. The SMILES string of the molecule is CCCCCCC(C)(SC1CCCCC1)SC1CCCCC1. The van der Waals surface area contributed by atoms with Crippen molar-refractivity contribution in [3.8, 4) is 0 Å². The van der Waals surface area contributed by atoms with Crippen LogP contribution in [0.2, 0.25) is 0 Å². The van der Waals surface area contributed by atoms with E-state index in [1.54, 1.807) is 0 Å². The zero-order chi connectivity index (χ0) is 15.7. The molecule has 0 N–H and O–H groups in total. The van der Waals surface area contributed by atoms with Gasteiger partial charge in [-0.15, -0.1) is 23.5 Å². The average molecular weight is 343 g/mol. The van der Waals surface area contributed by atoms with Crippen molar-refractivity contribution in [3.63, 3.8) is 0 Å². The Morgan fingerprint density at radius 2 is 1.23 bits per heavy atom. The summed E-state index contributed by atoms with van der Waals surface area (Å²) in [6.07, 6.45) is 22.0. The summed E-state index contributed by atoms with van der Waals surface area (Å²) in [5.74, 6) is 0. The van der Waals surface area contributed by atoms with Crippen molar-refractivity contribution in [1.29, 1.82) is 0 Å². The second-order valence-corrected chi connectivity index (χ2v) is 11.6. The van der Waals surface area contributed by atoms with Crippen molar-refractivity contribution in [2.45, 2.75) is 125 Å². The summed E-state index contributed by atoms with van der Waals surface area (Å²) in [6.45, 7) is 4.92. The third-order valence-corrected chi connectivity index (χ3v) is 9.01. The van der Waals surface area contributed by atoms with E-state index in [4.69, 9.17) is 0 Å². The second kappa shape index (κ2) is 10.5. The topological polar surface area (TPSA) is 0 Å². The van der Waals surface area contributed by atoms with Crippen LogP contribution in [0.25, 0.3) is 0 Å². The molecule has 0 saturated heterocycles. The van der Waals surface area contributed by atoms with Crippen LogP contribution in [0, 0.1) is 0 Å². The van der Waals surface area contributed by atoms with Crippen LogP contribution in [-0.4, -0.2) is 14.6 Å². The van der Waals surface area contributed by atoms with Gasteiger partial charge in [0.1, 0.15) is 0 Å². The van der Waals surface area contributed by atoms with E-state index >= 15 is 0 Å². The summed E-state index contributed by atoms with van der Waals surface area (Å²) in [5, 5.41) is 1.92. The second-order valence-electron chi connectivity index (χ2n) is 7.70. The molecule has 0 aliphatic heterocycles. The summed E-state index contributed by atoms with van der Waals surface area (Å²) in [4.78, 5) is 0. The van der Waals surface area contributed by atoms with Gasteiger partial charge in [-0.2, -0.15) is 0 Å². The lowest BCUT2D eigenvalue weighted by Crippen LogP contribution is -2.26. The molecule has 0 radical (unpaired) electrons. The van der Waals surface area contributed by atoms with Crippen molar-refractivity contribution >= 4 is 23.5 Å². The zero-order valence-corrected chi connectivity index (χ0v) is 16.7. The highest BCUT2D eigenvalue weighted by Gasteiger charge is 2.33. The molecule has 2 rings (SSSR count). The van der Waals surface area contributed by atoms with Crippen LogP contribution in [0.3, 0.4) is 0 Å². The Kier molecular flexibility index (Phi) is 9.12. The van der Waals surface area contributed by atoms with Crippen molar-refractivity contribution in [3.05, 3.63) is 0 Å². The van der Waals surface area contributed by atoms with Gasteiger partial charge in [0.2, 0.25) is 0 Å². The molecule has 0 bridgehead atoms. The van der Waals surface area contributed by atoms with Crippen molar-refractivity contribution in [1.82, 2.24) is 0 Å². The van der Waals surface area contributed by atoms with Crippen LogP contribution in [0.1, 0.15) is 110 Å². The van der Waals surface area contributed by atoms with Crippen LogP contribution < -0.4 is 0 Å². The van der Waals surface area contributed by atoms with Crippen LogP contribution in [-0.2, 0) is 0 Å². The Morgan fingerprint density at radius 3 is 1.68 bits per heavy atom. The molecule has 0 amide bonds. The first-order valence-electron chi connectivity index (χ1n) is 10.1. The molecule has 2 fully saturated rings. The molecule has 0 aromatic heterocycles. The highest BCUT2D eigenvalue weighted by molar-refractivity contribution is 8.18. The largest absolute Gasteiger partial charge is 0.141 e. The third kappa shape index (κ3) is 7.07. The smallest absolute Gasteiger partial charge is 0.0588 e. The molecule has 2 aliphatic carbocycles. The van der Waals surface area contributed by atoms with Crippen LogP contribution in [0.15, 0.2) is 0 Å². The van der Waals surface area contributed by atoms with Crippen LogP contribution >= 0.6 is 23.5 Å². The van der Waals surface area contributed by atoms with Gasteiger partial charge in [-0.1, -0.05) is 71.1 Å². The fourth-order valence-corrected chi connectivity index (χ4v) is 8.20. The Bertz CT molecular complexity index is 257. The first kappa shape index (κ1) is 19.0. The number of rotatable bonds is 9. The van der Waals surface area contributed by atoms with E-state index in [9.17, 15) is 0 Å². The minimum absolute atomic E-state index is 0.498. The van der Waals surface area contributed by atoms with E-state index < -0.39 is 0 Å². The maximum atomic E-state index is 2.59. The summed E-state index contributed by atoms with van der Waals surface area (Å²) in [7, 11) is 0. The van der Waals surface area contributed by atoms with Crippen molar-refractivity contribution in [2.75, 3.05) is 0 Å². The summed E-state index contributed by atoms with van der Waals surface area (Å²) in [5.41, 5.74) is 0. The monoisotopic (exact) mass is 342 g/mol. The minimum atomic E-state index is 0.498. The molecule has 22 heavy (non-hydrogen) atoms. The Hall–Kier alpha value is 0.700. The number of hydrogen-bond donors (Lipinski definition) is 0. The van der Waals surface area contributed by atoms with E-state index in [1.807, 2.05) is 0 Å². The Labute approximate surface area is 148 Å². The third-order valence-electron chi connectivity index (χ3n) is 5.42. The van der Waals surface area contributed by atoms with E-state index in [1.165, 1.54) is 96.3 Å². The fraction of sp³-hybridized carbons (Fsp3) is 1.00. The quantitative estimate of drug-likeness (QED) is 0.309. The first-order valence-corrected chi connectivity index (χ1v) is 11.8. The minimum Gasteiger partial charge on any atom is -0.141 e. The van der Waals surface area contributed by atoms with E-state index in [0.717, 1.165) is 10.5 Å². The van der Waals surface area contributed by atoms with Crippen molar-refractivity contribution < 1.29 is 0 Å². The molecular weight excluding hydrogens is 304 g/mol. The molecular formula is C20H38S2. The fourth-order valence-electron chi connectivity index (χ4n) is 4.09. The molecule has 0 heterocycles. The van der Waals surface area contributed by atoms with Gasteiger partial charge in [-0.25, -0.2) is 0 Å². The standard InChI is InChI=1S/C20H38S2/c1-3-4-5-12-17-20(2,21-18-13-8-6-9-14-18)22-19-15-10-7-11-16-19/h18-19H,3-17H2,1-2H3. The summed E-state index contributed by atoms with van der Waals surface area (Å²) >= 11 is 4.77. The molecule has 2 heteroatoms. The molecule has 0 atom stereocenters. The highest BCUT2D eigenvalue weighted by atomic mass is 32.2. The molecule has 0 aromatic rings. The zero-order valence-electron chi connectivity index (χ0n) is 15.1. The van der Waals surface area contributed by atoms with Gasteiger partial charge in [0.15, 0.2) is 0 Å². The maximum Gasteiger partial charge on any atom is 0.0588 e. The number of unbranched alkanes of at least 4 members (excludes halogenated alkanes) is 3. The average Bonchev–Trinajstić information content (AvgIpc) is 2.53. The van der Waals surface area contributed by atoms with Gasteiger partial charge < -0.3 is 0 Å². The molecule has 2 aliphatic rings. The molecule has 130 valence electrons. The summed E-state index contributed by atoms with van der Waals surface area (Å²) in [6, 6.07) is 0. The normalized spacial score (nSPS) is 22.1. The Balaban J connectivity index is 1.85. The van der Waals surface area contributed by atoms with Gasteiger partial charge in [0.05, 0.1) is 4.08 Å². The van der Waals surface area contributed by atoms with Gasteiger partial charge in [0, 0.05) is 10.5 Å². The van der Waals surface area contributed by atoms with E-state index in [2.05, 4.69) is 37.4 Å². The molecule has 0 unspecified atom stereocenters. The lowest BCUT2D eigenvalue weighted by atomic mass is 10.0. The van der Waals surface area contributed by atoms with Gasteiger partial charge in [0.25, 0.3) is 0 Å². The van der Waals surface area contributed by atoms with Gasteiger partial charge in [-0.05, 0) is 39.0 Å². The molecule has 0 nitrogen and oxygen atoms in total. The predicted octanol–water partition coefficient (Wildman–Crippen LogP) is 7.80. The first-order chi connectivity index (χ1) is 10.7. The highest BCUT2D eigenvalue weighted by Crippen LogP contribution is 2.50. The van der Waals surface area contributed by atoms with Gasteiger partial charge in [-0.3, -0.25) is 0 Å². The van der Waals surface area contributed by atoms with Gasteiger partial charge >= 0.3 is 0 Å². The lowest BCUT2D eigenvalue weighted by molar-refractivity contribution is 0.507. The van der Waals surface area contributed by atoms with Crippen molar-refractivity contribution in [2.24, 2.45) is 0 Å². The molecule has 0 spiro atoms. The van der Waals surface area contributed by atoms with E-state index in [0.29, 0.717) is 4.08 Å². The van der Waals surface area contributed by atoms with E-state index in [-0.39, 0.29) is 0 Å². The number of hydrogen-bond acceptors (Lipinski definition) is 2. The van der Waals surface area contributed by atoms with Crippen LogP contribution in [0.5, 0.6) is 0 Å². The lowest BCUT2D eigenvalue weighted by Gasteiger charge is -2.38. The maximum absolute atomic E-state index is 2.59. The predicted molar refractivity (Wildman–Crippen MR) is 106 cm³/mol. The number of thioether (sulfide) groups is 2. The molecule has 2 saturated carbocycles. The molecule has 0 aromatic carbocycles. The summed E-state index contributed by atoms with van der Waals surface area (Å²) < 4.78 is 0.498. The van der Waals surface area contributed by atoms with Crippen LogP contribution in [0.4, 0.5) is 0 Å².